The lowest BCUT2D eigenvalue weighted by Crippen LogP contribution is -1.84. The predicted octanol–water partition coefficient (Wildman–Crippen LogP) is 5.91. The van der Waals surface area contributed by atoms with Crippen molar-refractivity contribution in [2.75, 3.05) is 0 Å². The summed E-state index contributed by atoms with van der Waals surface area (Å²) in [7, 11) is 0. The van der Waals surface area contributed by atoms with Crippen molar-refractivity contribution in [3.63, 3.8) is 0 Å². The van der Waals surface area contributed by atoms with E-state index < -0.39 is 0 Å². The van der Waals surface area contributed by atoms with Gasteiger partial charge in [0.1, 0.15) is 0 Å². The van der Waals surface area contributed by atoms with Gasteiger partial charge in [-0.15, -0.1) is 25.3 Å². The largest absolute Gasteiger partial charge is 0.143 e. The summed E-state index contributed by atoms with van der Waals surface area (Å²) in [5, 5.41) is 0. The van der Waals surface area contributed by atoms with Crippen molar-refractivity contribution in [2.24, 2.45) is 0 Å². The van der Waals surface area contributed by atoms with Crippen LogP contribution in [0.15, 0.2) is 76.5 Å². The van der Waals surface area contributed by atoms with Gasteiger partial charge in [0.15, 0.2) is 0 Å². The molecule has 0 aliphatic heterocycles. The second-order valence-corrected chi connectivity index (χ2v) is 6.16. The van der Waals surface area contributed by atoms with Gasteiger partial charge < -0.3 is 0 Å². The SMILES string of the molecule is Cc1cc(S)ccc1-c1ccc(-c2ccc(S)cc2)cc1. The Morgan fingerprint density at radius 1 is 0.571 bits per heavy atom. The Bertz CT molecular complexity index is 757. The smallest absolute Gasteiger partial charge is 0.00430 e. The molecule has 0 aliphatic carbocycles. The van der Waals surface area contributed by atoms with Crippen molar-refractivity contribution in [3.05, 3.63) is 72.3 Å². The van der Waals surface area contributed by atoms with Crippen molar-refractivity contribution in [1.82, 2.24) is 0 Å². The quantitative estimate of drug-likeness (QED) is 0.540. The van der Waals surface area contributed by atoms with Crippen LogP contribution >= 0.6 is 25.3 Å². The highest BCUT2D eigenvalue weighted by Gasteiger charge is 2.03. The lowest BCUT2D eigenvalue weighted by molar-refractivity contribution is 1.37. The number of thiol groups is 2. The van der Waals surface area contributed by atoms with Crippen molar-refractivity contribution in [3.8, 4) is 22.3 Å². The molecule has 0 radical (unpaired) electrons. The van der Waals surface area contributed by atoms with Crippen LogP contribution in [0.2, 0.25) is 0 Å². The van der Waals surface area contributed by atoms with Gasteiger partial charge in [-0.1, -0.05) is 42.5 Å². The minimum Gasteiger partial charge on any atom is -0.143 e. The molecule has 0 saturated carbocycles. The summed E-state index contributed by atoms with van der Waals surface area (Å²) in [5.41, 5.74) is 6.16. The maximum atomic E-state index is 4.38. The monoisotopic (exact) mass is 308 g/mol. The van der Waals surface area contributed by atoms with E-state index >= 15 is 0 Å². The van der Waals surface area contributed by atoms with Crippen LogP contribution in [0.25, 0.3) is 22.3 Å². The van der Waals surface area contributed by atoms with Crippen LogP contribution in [-0.4, -0.2) is 0 Å². The van der Waals surface area contributed by atoms with Gasteiger partial charge in [0.2, 0.25) is 0 Å². The zero-order chi connectivity index (χ0) is 14.8. The average Bonchev–Trinajstić information content (AvgIpc) is 2.48. The van der Waals surface area contributed by atoms with Gasteiger partial charge in [0.05, 0.1) is 0 Å². The minimum absolute atomic E-state index is 0.984. The Balaban J connectivity index is 1.95. The van der Waals surface area contributed by atoms with Crippen LogP contribution in [0.3, 0.4) is 0 Å². The summed E-state index contributed by atoms with van der Waals surface area (Å²) in [5.74, 6) is 0. The molecule has 0 saturated heterocycles. The fourth-order valence-corrected chi connectivity index (χ4v) is 2.89. The number of hydrogen-bond acceptors (Lipinski definition) is 2. The molecule has 3 aromatic rings. The second-order valence-electron chi connectivity index (χ2n) is 5.12. The third kappa shape index (κ3) is 3.17. The molecule has 0 bridgehead atoms. The lowest BCUT2D eigenvalue weighted by atomic mass is 9.98. The van der Waals surface area contributed by atoms with Gasteiger partial charge >= 0.3 is 0 Å². The highest BCUT2D eigenvalue weighted by atomic mass is 32.1. The molecular formula is C19H16S2. The van der Waals surface area contributed by atoms with E-state index in [1.807, 2.05) is 18.2 Å². The molecule has 3 aromatic carbocycles. The molecule has 0 nitrogen and oxygen atoms in total. The first-order chi connectivity index (χ1) is 10.1. The molecule has 0 N–H and O–H groups in total. The van der Waals surface area contributed by atoms with E-state index in [2.05, 4.69) is 80.7 Å². The maximum absolute atomic E-state index is 4.38. The molecule has 0 heterocycles. The van der Waals surface area contributed by atoms with Crippen LogP contribution in [0.1, 0.15) is 5.56 Å². The summed E-state index contributed by atoms with van der Waals surface area (Å²) < 4.78 is 0. The summed E-state index contributed by atoms with van der Waals surface area (Å²) in [6.45, 7) is 2.12. The van der Waals surface area contributed by atoms with E-state index in [9.17, 15) is 0 Å². The first kappa shape index (κ1) is 14.3. The van der Waals surface area contributed by atoms with Crippen LogP contribution in [0, 0.1) is 6.92 Å². The topological polar surface area (TPSA) is 0 Å². The summed E-state index contributed by atoms with van der Waals surface area (Å²) >= 11 is 8.70. The van der Waals surface area contributed by atoms with Crippen LogP contribution in [0.5, 0.6) is 0 Å². The fourth-order valence-electron chi connectivity index (χ4n) is 2.47. The van der Waals surface area contributed by atoms with Crippen molar-refractivity contribution < 1.29 is 0 Å². The first-order valence-electron chi connectivity index (χ1n) is 6.83. The highest BCUT2D eigenvalue weighted by molar-refractivity contribution is 7.80. The Morgan fingerprint density at radius 2 is 1.05 bits per heavy atom. The standard InChI is InChI=1S/C19H16S2/c1-13-12-18(21)10-11-19(13)16-4-2-14(3-5-16)15-6-8-17(20)9-7-15/h2-12,20-21H,1H3. The molecule has 0 aromatic heterocycles. The van der Waals surface area contributed by atoms with Crippen LogP contribution < -0.4 is 0 Å². The average molecular weight is 308 g/mol. The predicted molar refractivity (Wildman–Crippen MR) is 96.6 cm³/mol. The van der Waals surface area contributed by atoms with Gasteiger partial charge in [-0.3, -0.25) is 0 Å². The number of rotatable bonds is 2. The molecule has 0 aliphatic rings. The molecule has 104 valence electrons. The number of benzene rings is 3. The number of aryl methyl sites for hydroxylation is 1. The molecule has 0 atom stereocenters. The van der Waals surface area contributed by atoms with E-state index in [1.165, 1.54) is 27.8 Å². The zero-order valence-corrected chi connectivity index (χ0v) is 13.5. The van der Waals surface area contributed by atoms with Gasteiger partial charge in [0.25, 0.3) is 0 Å². The molecule has 0 fully saturated rings. The molecule has 0 unspecified atom stereocenters. The zero-order valence-electron chi connectivity index (χ0n) is 11.7. The molecule has 3 rings (SSSR count). The van der Waals surface area contributed by atoms with Gasteiger partial charge in [0, 0.05) is 9.79 Å². The Morgan fingerprint density at radius 3 is 1.62 bits per heavy atom. The third-order valence-corrected chi connectivity index (χ3v) is 4.18. The molecule has 2 heteroatoms. The van der Waals surface area contributed by atoms with E-state index in [0.717, 1.165) is 9.79 Å². The fraction of sp³-hybridized carbons (Fsp3) is 0.0526. The molecule has 0 amide bonds. The molecule has 0 spiro atoms. The molecule has 21 heavy (non-hydrogen) atoms. The van der Waals surface area contributed by atoms with Gasteiger partial charge in [-0.25, -0.2) is 0 Å². The summed E-state index contributed by atoms with van der Waals surface area (Å²) in [6, 6.07) is 23.1. The van der Waals surface area contributed by atoms with Crippen molar-refractivity contribution in [2.45, 2.75) is 16.7 Å². The Hall–Kier alpha value is -1.64. The van der Waals surface area contributed by atoms with E-state index in [0.29, 0.717) is 0 Å². The van der Waals surface area contributed by atoms with E-state index in [-0.39, 0.29) is 0 Å². The van der Waals surface area contributed by atoms with E-state index in [1.54, 1.807) is 0 Å². The molecular weight excluding hydrogens is 292 g/mol. The normalized spacial score (nSPS) is 10.6. The number of hydrogen-bond donors (Lipinski definition) is 2. The minimum atomic E-state index is 0.984. The maximum Gasteiger partial charge on any atom is 0.00430 e. The van der Waals surface area contributed by atoms with Crippen molar-refractivity contribution >= 4 is 25.3 Å². The van der Waals surface area contributed by atoms with Gasteiger partial charge in [-0.05, 0) is 59.0 Å². The van der Waals surface area contributed by atoms with Gasteiger partial charge in [-0.2, -0.15) is 0 Å². The first-order valence-corrected chi connectivity index (χ1v) is 7.72. The summed E-state index contributed by atoms with van der Waals surface area (Å²) in [6.07, 6.45) is 0. The summed E-state index contributed by atoms with van der Waals surface area (Å²) in [4.78, 5) is 1.98. The Kier molecular flexibility index (Phi) is 4.09. The second kappa shape index (κ2) is 6.00. The highest BCUT2D eigenvalue weighted by Crippen LogP contribution is 2.28. The Labute approximate surface area is 136 Å². The van der Waals surface area contributed by atoms with Crippen molar-refractivity contribution in [1.29, 1.82) is 0 Å². The van der Waals surface area contributed by atoms with Crippen LogP contribution in [0.4, 0.5) is 0 Å². The lowest BCUT2D eigenvalue weighted by Gasteiger charge is -2.08. The van der Waals surface area contributed by atoms with Crippen LogP contribution in [-0.2, 0) is 0 Å². The van der Waals surface area contributed by atoms with E-state index in [4.69, 9.17) is 0 Å². The third-order valence-electron chi connectivity index (χ3n) is 3.61.